The highest BCUT2D eigenvalue weighted by atomic mass is 79.9. The van der Waals surface area contributed by atoms with Gasteiger partial charge in [0.2, 0.25) is 0 Å². The average Bonchev–Trinajstić information content (AvgIpc) is 2.30. The van der Waals surface area contributed by atoms with Crippen LogP contribution in [0.15, 0.2) is 16.9 Å². The standard InChI is InChI=1S/C12H19BrN4/c1-17-5-3-2-4-9(17)6-16-12-10(13)7-15-8-11(12)14/h7-9H,2-6,14H2,1H3,(H,15,16). The minimum Gasteiger partial charge on any atom is -0.396 e. The van der Waals surface area contributed by atoms with Crippen molar-refractivity contribution in [2.45, 2.75) is 25.3 Å². The molecule has 1 saturated heterocycles. The molecule has 2 rings (SSSR count). The zero-order valence-electron chi connectivity index (χ0n) is 10.1. The van der Waals surface area contributed by atoms with Gasteiger partial charge in [0.1, 0.15) is 0 Å². The fourth-order valence-corrected chi connectivity index (χ4v) is 2.75. The molecule has 1 aromatic heterocycles. The van der Waals surface area contributed by atoms with E-state index in [2.05, 4.69) is 38.2 Å². The quantitative estimate of drug-likeness (QED) is 0.899. The molecule has 4 nitrogen and oxygen atoms in total. The SMILES string of the molecule is CN1CCCCC1CNc1c(N)cncc1Br. The van der Waals surface area contributed by atoms with Crippen molar-refractivity contribution in [1.82, 2.24) is 9.88 Å². The Balaban J connectivity index is 1.97. The maximum absolute atomic E-state index is 5.90. The number of likely N-dealkylation sites (tertiary alicyclic amines) is 1. The minimum absolute atomic E-state index is 0.600. The van der Waals surface area contributed by atoms with Crippen LogP contribution in [0.1, 0.15) is 19.3 Å². The second-order valence-corrected chi connectivity index (χ2v) is 5.45. The number of hydrogen-bond acceptors (Lipinski definition) is 4. The smallest absolute Gasteiger partial charge is 0.0750 e. The van der Waals surface area contributed by atoms with Crippen LogP contribution in [0.5, 0.6) is 0 Å². The van der Waals surface area contributed by atoms with Crippen molar-refractivity contribution in [1.29, 1.82) is 0 Å². The molecule has 0 aromatic carbocycles. The van der Waals surface area contributed by atoms with Gasteiger partial charge in [0, 0.05) is 18.8 Å². The highest BCUT2D eigenvalue weighted by Crippen LogP contribution is 2.27. The number of aromatic nitrogens is 1. The lowest BCUT2D eigenvalue weighted by atomic mass is 10.0. The van der Waals surface area contributed by atoms with E-state index in [1.807, 2.05) is 0 Å². The van der Waals surface area contributed by atoms with Crippen LogP contribution in [-0.4, -0.2) is 36.1 Å². The summed E-state index contributed by atoms with van der Waals surface area (Å²) in [6.45, 7) is 2.13. The van der Waals surface area contributed by atoms with Crippen LogP contribution >= 0.6 is 15.9 Å². The first-order chi connectivity index (χ1) is 8.18. The van der Waals surface area contributed by atoms with Crippen molar-refractivity contribution in [3.05, 3.63) is 16.9 Å². The molecule has 2 heterocycles. The molecule has 0 radical (unpaired) electrons. The molecule has 1 aromatic rings. The second-order valence-electron chi connectivity index (χ2n) is 4.60. The number of rotatable bonds is 3. The van der Waals surface area contributed by atoms with Gasteiger partial charge >= 0.3 is 0 Å². The number of nitrogens with one attached hydrogen (secondary N) is 1. The summed E-state index contributed by atoms with van der Waals surface area (Å²) in [7, 11) is 2.19. The number of nitrogens with zero attached hydrogens (tertiary/aromatic N) is 2. The van der Waals surface area contributed by atoms with Crippen LogP contribution in [0.2, 0.25) is 0 Å². The predicted molar refractivity (Wildman–Crippen MR) is 75.1 cm³/mol. The van der Waals surface area contributed by atoms with Crippen LogP contribution in [-0.2, 0) is 0 Å². The molecule has 1 atom stereocenters. The van der Waals surface area contributed by atoms with Crippen molar-refractivity contribution >= 4 is 27.3 Å². The summed E-state index contributed by atoms with van der Waals surface area (Å²) in [4.78, 5) is 6.45. The van der Waals surface area contributed by atoms with Gasteiger partial charge in [0.05, 0.1) is 22.0 Å². The number of anilines is 2. The number of hydrogen-bond donors (Lipinski definition) is 2. The van der Waals surface area contributed by atoms with E-state index in [0.717, 1.165) is 16.7 Å². The molecule has 3 N–H and O–H groups in total. The first-order valence-electron chi connectivity index (χ1n) is 6.01. The molecule has 0 spiro atoms. The van der Waals surface area contributed by atoms with E-state index >= 15 is 0 Å². The molecule has 1 aliphatic rings. The summed E-state index contributed by atoms with van der Waals surface area (Å²) in [6.07, 6.45) is 7.34. The third-order valence-corrected chi connectivity index (χ3v) is 3.97. The lowest BCUT2D eigenvalue weighted by Gasteiger charge is -2.33. The monoisotopic (exact) mass is 298 g/mol. The summed E-state index contributed by atoms with van der Waals surface area (Å²) in [6, 6.07) is 0.600. The summed E-state index contributed by atoms with van der Waals surface area (Å²) in [5, 5.41) is 3.43. The summed E-state index contributed by atoms with van der Waals surface area (Å²) < 4.78 is 0.927. The van der Waals surface area contributed by atoms with Gasteiger partial charge < -0.3 is 16.0 Å². The fraction of sp³-hybridized carbons (Fsp3) is 0.583. The van der Waals surface area contributed by atoms with Gasteiger partial charge in [-0.1, -0.05) is 6.42 Å². The van der Waals surface area contributed by atoms with Crippen LogP contribution in [0.25, 0.3) is 0 Å². The molecule has 1 fully saturated rings. The number of pyridine rings is 1. The van der Waals surface area contributed by atoms with Gasteiger partial charge in [0.15, 0.2) is 0 Å². The van der Waals surface area contributed by atoms with Gasteiger partial charge in [-0.25, -0.2) is 0 Å². The van der Waals surface area contributed by atoms with E-state index in [1.54, 1.807) is 12.4 Å². The van der Waals surface area contributed by atoms with Gasteiger partial charge in [-0.05, 0) is 42.4 Å². The van der Waals surface area contributed by atoms with Crippen molar-refractivity contribution in [3.63, 3.8) is 0 Å². The Labute approximate surface area is 111 Å². The zero-order valence-corrected chi connectivity index (χ0v) is 11.7. The third kappa shape index (κ3) is 3.10. The van der Waals surface area contributed by atoms with Gasteiger partial charge in [0.25, 0.3) is 0 Å². The van der Waals surface area contributed by atoms with E-state index < -0.39 is 0 Å². The van der Waals surface area contributed by atoms with Crippen LogP contribution in [0, 0.1) is 0 Å². The summed E-state index contributed by atoms with van der Waals surface area (Å²) in [5.41, 5.74) is 7.55. The van der Waals surface area contributed by atoms with Crippen molar-refractivity contribution in [2.24, 2.45) is 0 Å². The van der Waals surface area contributed by atoms with Gasteiger partial charge in [-0.3, -0.25) is 4.98 Å². The molecule has 1 unspecified atom stereocenters. The third-order valence-electron chi connectivity index (χ3n) is 3.36. The first kappa shape index (κ1) is 12.6. The minimum atomic E-state index is 0.600. The first-order valence-corrected chi connectivity index (χ1v) is 6.81. The number of piperidine rings is 1. The molecular formula is C12H19BrN4. The largest absolute Gasteiger partial charge is 0.396 e. The molecule has 0 bridgehead atoms. The Morgan fingerprint density at radius 2 is 2.35 bits per heavy atom. The number of nitrogen functional groups attached to an aromatic ring is 1. The topological polar surface area (TPSA) is 54.2 Å². The Morgan fingerprint density at radius 3 is 3.06 bits per heavy atom. The van der Waals surface area contributed by atoms with Gasteiger partial charge in [-0.15, -0.1) is 0 Å². The summed E-state index contributed by atoms with van der Waals surface area (Å²) >= 11 is 3.47. The van der Waals surface area contributed by atoms with Crippen LogP contribution in [0.3, 0.4) is 0 Å². The van der Waals surface area contributed by atoms with E-state index in [9.17, 15) is 0 Å². The van der Waals surface area contributed by atoms with Crippen molar-refractivity contribution in [2.75, 3.05) is 31.2 Å². The molecule has 94 valence electrons. The van der Waals surface area contributed by atoms with E-state index in [-0.39, 0.29) is 0 Å². The Morgan fingerprint density at radius 1 is 1.53 bits per heavy atom. The molecule has 0 amide bonds. The molecular weight excluding hydrogens is 280 g/mol. The average molecular weight is 299 g/mol. The molecule has 0 aliphatic carbocycles. The highest BCUT2D eigenvalue weighted by Gasteiger charge is 2.18. The molecule has 0 saturated carbocycles. The van der Waals surface area contributed by atoms with Crippen LogP contribution < -0.4 is 11.1 Å². The van der Waals surface area contributed by atoms with E-state index in [0.29, 0.717) is 11.7 Å². The highest BCUT2D eigenvalue weighted by molar-refractivity contribution is 9.10. The Bertz CT molecular complexity index is 363. The lowest BCUT2D eigenvalue weighted by molar-refractivity contribution is 0.194. The normalized spacial score (nSPS) is 21.4. The van der Waals surface area contributed by atoms with Crippen molar-refractivity contribution < 1.29 is 0 Å². The van der Waals surface area contributed by atoms with Crippen molar-refractivity contribution in [3.8, 4) is 0 Å². The number of likely N-dealkylation sites (N-methyl/N-ethyl adjacent to an activating group) is 1. The predicted octanol–water partition coefficient (Wildman–Crippen LogP) is 2.32. The number of halogens is 1. The Kier molecular flexibility index (Phi) is 4.23. The fourth-order valence-electron chi connectivity index (χ4n) is 2.26. The van der Waals surface area contributed by atoms with E-state index in [1.165, 1.54) is 25.8 Å². The molecule has 5 heteroatoms. The number of nitrogens with two attached hydrogens (primary N) is 1. The molecule has 1 aliphatic heterocycles. The van der Waals surface area contributed by atoms with E-state index in [4.69, 9.17) is 5.73 Å². The maximum Gasteiger partial charge on any atom is 0.0750 e. The zero-order chi connectivity index (χ0) is 12.3. The Hall–Kier alpha value is -0.810. The second kappa shape index (κ2) is 5.69. The maximum atomic E-state index is 5.90. The summed E-state index contributed by atoms with van der Waals surface area (Å²) in [5.74, 6) is 0. The van der Waals surface area contributed by atoms with Crippen LogP contribution in [0.4, 0.5) is 11.4 Å². The lowest BCUT2D eigenvalue weighted by Crippen LogP contribution is -2.40. The van der Waals surface area contributed by atoms with Gasteiger partial charge in [-0.2, -0.15) is 0 Å². The molecule has 17 heavy (non-hydrogen) atoms.